The predicted molar refractivity (Wildman–Crippen MR) is 72.3 cm³/mol. The minimum absolute atomic E-state index is 0.0513. The molecule has 0 bridgehead atoms. The van der Waals surface area contributed by atoms with Gasteiger partial charge in [0, 0.05) is 25.8 Å². The summed E-state index contributed by atoms with van der Waals surface area (Å²) >= 11 is 0. The van der Waals surface area contributed by atoms with Crippen LogP contribution in [0.3, 0.4) is 0 Å². The number of H-pyrrole nitrogens is 1. The molecule has 0 saturated carbocycles. The number of rotatable bonds is 6. The number of nitro groups is 1. The molecule has 1 aromatic carbocycles. The van der Waals surface area contributed by atoms with Crippen LogP contribution in [0.25, 0.3) is 11.0 Å². The van der Waals surface area contributed by atoms with E-state index in [2.05, 4.69) is 22.2 Å². The number of ether oxygens (including phenoxy) is 1. The minimum Gasteiger partial charge on any atom is -0.384 e. The van der Waals surface area contributed by atoms with E-state index in [4.69, 9.17) is 4.74 Å². The van der Waals surface area contributed by atoms with Crippen molar-refractivity contribution in [3.8, 4) is 0 Å². The van der Waals surface area contributed by atoms with Gasteiger partial charge in [0.1, 0.15) is 0 Å². The van der Waals surface area contributed by atoms with Crippen molar-refractivity contribution < 1.29 is 9.66 Å². The van der Waals surface area contributed by atoms with Gasteiger partial charge in [-0.05, 0) is 12.0 Å². The van der Waals surface area contributed by atoms with Gasteiger partial charge in [-0.2, -0.15) is 0 Å². The molecule has 19 heavy (non-hydrogen) atoms. The van der Waals surface area contributed by atoms with Crippen LogP contribution in [-0.2, 0) is 4.74 Å². The molecule has 0 fully saturated rings. The SMILES string of the molecule is COCC(C)CNc1nc2ccc([N+](=O)[O-])cc2[nH]1. The summed E-state index contributed by atoms with van der Waals surface area (Å²) in [7, 11) is 1.66. The highest BCUT2D eigenvalue weighted by Crippen LogP contribution is 2.20. The third-order valence-electron chi connectivity index (χ3n) is 2.75. The van der Waals surface area contributed by atoms with E-state index in [1.54, 1.807) is 13.2 Å². The average Bonchev–Trinajstić information content (AvgIpc) is 2.78. The number of nitrogens with zero attached hydrogens (tertiary/aromatic N) is 2. The highest BCUT2D eigenvalue weighted by atomic mass is 16.6. The number of hydrogen-bond donors (Lipinski definition) is 2. The molecule has 0 saturated heterocycles. The second kappa shape index (κ2) is 5.66. The van der Waals surface area contributed by atoms with Crippen LogP contribution in [0.2, 0.25) is 0 Å². The summed E-state index contributed by atoms with van der Waals surface area (Å²) in [5, 5.41) is 13.8. The summed E-state index contributed by atoms with van der Waals surface area (Å²) in [5.41, 5.74) is 1.40. The van der Waals surface area contributed by atoms with Gasteiger partial charge in [-0.1, -0.05) is 6.92 Å². The molecule has 2 aromatic rings. The molecule has 0 aliphatic carbocycles. The lowest BCUT2D eigenvalue weighted by Crippen LogP contribution is -2.16. The molecule has 2 rings (SSSR count). The second-order valence-corrected chi connectivity index (χ2v) is 4.49. The van der Waals surface area contributed by atoms with Crippen molar-refractivity contribution in [3.05, 3.63) is 28.3 Å². The molecule has 0 aliphatic rings. The Kier molecular flexibility index (Phi) is 3.96. The number of methoxy groups -OCH3 is 1. The fourth-order valence-electron chi connectivity index (χ4n) is 1.81. The number of non-ortho nitro benzene ring substituents is 1. The van der Waals surface area contributed by atoms with Crippen molar-refractivity contribution in [2.24, 2.45) is 5.92 Å². The number of aromatic amines is 1. The van der Waals surface area contributed by atoms with Gasteiger partial charge >= 0.3 is 0 Å². The highest BCUT2D eigenvalue weighted by molar-refractivity contribution is 5.79. The molecule has 1 unspecified atom stereocenters. The van der Waals surface area contributed by atoms with Crippen molar-refractivity contribution in [3.63, 3.8) is 0 Å². The summed E-state index contributed by atoms with van der Waals surface area (Å²) < 4.78 is 5.05. The Hall–Kier alpha value is -2.15. The van der Waals surface area contributed by atoms with Crippen molar-refractivity contribution >= 4 is 22.7 Å². The van der Waals surface area contributed by atoms with Gasteiger partial charge in [0.25, 0.3) is 5.69 Å². The van der Waals surface area contributed by atoms with Crippen LogP contribution >= 0.6 is 0 Å². The fraction of sp³-hybridized carbons (Fsp3) is 0.417. The quantitative estimate of drug-likeness (QED) is 0.616. The molecule has 7 heteroatoms. The van der Waals surface area contributed by atoms with E-state index in [1.807, 2.05) is 0 Å². The summed E-state index contributed by atoms with van der Waals surface area (Å²) in [6, 6.07) is 4.56. The molecule has 0 aliphatic heterocycles. The first-order valence-electron chi connectivity index (χ1n) is 5.97. The van der Waals surface area contributed by atoms with Gasteiger partial charge in [0.05, 0.1) is 22.6 Å². The van der Waals surface area contributed by atoms with E-state index in [9.17, 15) is 10.1 Å². The monoisotopic (exact) mass is 264 g/mol. The Morgan fingerprint density at radius 3 is 3.05 bits per heavy atom. The zero-order valence-corrected chi connectivity index (χ0v) is 10.8. The number of benzene rings is 1. The van der Waals surface area contributed by atoms with Crippen molar-refractivity contribution in [2.45, 2.75) is 6.92 Å². The first-order valence-corrected chi connectivity index (χ1v) is 5.97. The Bertz CT molecular complexity index is 581. The van der Waals surface area contributed by atoms with Crippen LogP contribution in [0.4, 0.5) is 11.6 Å². The fourth-order valence-corrected chi connectivity index (χ4v) is 1.81. The van der Waals surface area contributed by atoms with Gasteiger partial charge in [0.15, 0.2) is 0 Å². The lowest BCUT2D eigenvalue weighted by atomic mass is 10.2. The number of aromatic nitrogens is 2. The number of fused-ring (bicyclic) bond motifs is 1. The smallest absolute Gasteiger partial charge is 0.271 e. The maximum atomic E-state index is 10.7. The van der Waals surface area contributed by atoms with Gasteiger partial charge in [0.2, 0.25) is 5.95 Å². The largest absolute Gasteiger partial charge is 0.384 e. The molecule has 0 amide bonds. The first-order chi connectivity index (χ1) is 9.10. The molecule has 7 nitrogen and oxygen atoms in total. The van der Waals surface area contributed by atoms with Crippen LogP contribution in [0.15, 0.2) is 18.2 Å². The Morgan fingerprint density at radius 2 is 2.37 bits per heavy atom. The summed E-state index contributed by atoms with van der Waals surface area (Å²) in [4.78, 5) is 17.6. The van der Waals surface area contributed by atoms with Gasteiger partial charge in [-0.15, -0.1) is 0 Å². The Morgan fingerprint density at radius 1 is 1.58 bits per heavy atom. The maximum absolute atomic E-state index is 10.7. The molecular weight excluding hydrogens is 248 g/mol. The third-order valence-corrected chi connectivity index (χ3v) is 2.75. The first kappa shape index (κ1) is 13.3. The molecule has 1 aromatic heterocycles. The second-order valence-electron chi connectivity index (χ2n) is 4.49. The van der Waals surface area contributed by atoms with Crippen molar-refractivity contribution in [1.82, 2.24) is 9.97 Å². The van der Waals surface area contributed by atoms with E-state index in [0.29, 0.717) is 29.5 Å². The van der Waals surface area contributed by atoms with Gasteiger partial charge < -0.3 is 15.0 Å². The van der Waals surface area contributed by atoms with Gasteiger partial charge in [-0.25, -0.2) is 4.98 Å². The van der Waals surface area contributed by atoms with Crippen LogP contribution in [0.1, 0.15) is 6.92 Å². The van der Waals surface area contributed by atoms with E-state index in [1.165, 1.54) is 12.1 Å². The number of nitrogens with one attached hydrogen (secondary N) is 2. The lowest BCUT2D eigenvalue weighted by molar-refractivity contribution is -0.384. The number of anilines is 1. The van der Waals surface area contributed by atoms with Crippen molar-refractivity contribution in [1.29, 1.82) is 0 Å². The zero-order chi connectivity index (χ0) is 13.8. The molecule has 0 radical (unpaired) electrons. The van der Waals surface area contributed by atoms with E-state index in [-0.39, 0.29) is 5.69 Å². The average molecular weight is 264 g/mol. The molecule has 2 N–H and O–H groups in total. The number of nitro benzene ring substituents is 1. The topological polar surface area (TPSA) is 93.1 Å². The van der Waals surface area contributed by atoms with Crippen molar-refractivity contribution in [2.75, 3.05) is 25.6 Å². The third kappa shape index (κ3) is 3.19. The highest BCUT2D eigenvalue weighted by Gasteiger charge is 2.10. The Balaban J connectivity index is 2.11. The van der Waals surface area contributed by atoms with E-state index in [0.717, 1.165) is 6.54 Å². The minimum atomic E-state index is -0.423. The molecule has 0 spiro atoms. The number of hydrogen-bond acceptors (Lipinski definition) is 5. The molecule has 1 atom stereocenters. The van der Waals surface area contributed by atoms with Crippen LogP contribution in [-0.4, -0.2) is 35.2 Å². The van der Waals surface area contributed by atoms with Crippen LogP contribution < -0.4 is 5.32 Å². The van der Waals surface area contributed by atoms with Crippen LogP contribution in [0, 0.1) is 16.0 Å². The van der Waals surface area contributed by atoms with E-state index >= 15 is 0 Å². The lowest BCUT2D eigenvalue weighted by Gasteiger charge is -2.10. The Labute approximate surface area is 110 Å². The summed E-state index contributed by atoms with van der Waals surface area (Å²) in [6.07, 6.45) is 0. The molecular formula is C12H16N4O3. The summed E-state index contributed by atoms with van der Waals surface area (Å²) in [6.45, 7) is 3.44. The molecule has 102 valence electrons. The van der Waals surface area contributed by atoms with Gasteiger partial charge in [-0.3, -0.25) is 10.1 Å². The van der Waals surface area contributed by atoms with Crippen LogP contribution in [0.5, 0.6) is 0 Å². The predicted octanol–water partition coefficient (Wildman–Crippen LogP) is 2.17. The normalized spacial score (nSPS) is 12.5. The zero-order valence-electron chi connectivity index (χ0n) is 10.8. The molecule has 1 heterocycles. The maximum Gasteiger partial charge on any atom is 0.271 e. The standard InChI is InChI=1S/C12H16N4O3/c1-8(7-19-2)6-13-12-14-10-4-3-9(16(17)18)5-11(10)15-12/h3-5,8H,6-7H2,1-2H3,(H2,13,14,15). The number of imidazole rings is 1. The summed E-state index contributed by atoms with van der Waals surface area (Å²) in [5.74, 6) is 0.964. The van der Waals surface area contributed by atoms with E-state index < -0.39 is 4.92 Å².